The van der Waals surface area contributed by atoms with Crippen LogP contribution in [0.5, 0.6) is 0 Å². The Bertz CT molecular complexity index is 2210. The number of carbonyl (C=O) groups excluding carboxylic acids is 5. The first-order valence-corrected chi connectivity index (χ1v) is 21.2. The van der Waals surface area contributed by atoms with Crippen molar-refractivity contribution in [1.29, 1.82) is 0 Å². The molecular formula is C44H48ClN9O5. The Morgan fingerprint density at radius 3 is 2.15 bits per heavy atom. The molecule has 59 heavy (non-hydrogen) atoms. The summed E-state index contributed by atoms with van der Waals surface area (Å²) in [5.74, 6) is -0.780. The molecule has 9 rings (SSSR count). The van der Waals surface area contributed by atoms with Crippen molar-refractivity contribution in [2.24, 2.45) is 17.3 Å². The fraction of sp³-hybridized carbons (Fsp3) is 0.477. The van der Waals surface area contributed by atoms with Crippen LogP contribution in [-0.4, -0.2) is 109 Å². The van der Waals surface area contributed by atoms with E-state index in [9.17, 15) is 24.0 Å². The molecule has 3 aromatic rings. The summed E-state index contributed by atoms with van der Waals surface area (Å²) in [6, 6.07) is 13.9. The molecule has 5 amide bonds. The molecule has 14 nitrogen and oxygen atoms in total. The molecule has 0 aliphatic carbocycles. The number of amides is 5. The monoisotopic (exact) mass is 817 g/mol. The van der Waals surface area contributed by atoms with Gasteiger partial charge in [-0.3, -0.25) is 34.2 Å². The van der Waals surface area contributed by atoms with Crippen LogP contribution in [0.1, 0.15) is 72.1 Å². The van der Waals surface area contributed by atoms with Gasteiger partial charge in [-0.1, -0.05) is 17.7 Å². The number of imide groups is 2. The van der Waals surface area contributed by atoms with E-state index in [1.807, 2.05) is 30.5 Å². The highest BCUT2D eigenvalue weighted by Crippen LogP contribution is 2.44. The molecule has 0 saturated carbocycles. The Morgan fingerprint density at radius 1 is 0.814 bits per heavy atom. The maximum Gasteiger partial charge on any atom is 0.262 e. The first-order valence-electron chi connectivity index (χ1n) is 20.8. The third-order valence-corrected chi connectivity index (χ3v) is 13.8. The van der Waals surface area contributed by atoms with E-state index in [0.29, 0.717) is 33.6 Å². The molecule has 6 aliphatic heterocycles. The number of nitrogens with one attached hydrogen (secondary N) is 2. The zero-order valence-electron chi connectivity index (χ0n) is 33.0. The molecule has 2 N–H and O–H groups in total. The Morgan fingerprint density at radius 2 is 1.47 bits per heavy atom. The van der Waals surface area contributed by atoms with Gasteiger partial charge in [0.25, 0.3) is 11.8 Å². The predicted octanol–water partition coefficient (Wildman–Crippen LogP) is 5.36. The van der Waals surface area contributed by atoms with Gasteiger partial charge in [-0.05, 0) is 106 Å². The number of nitrogens with zero attached hydrogens (tertiary/aromatic N) is 7. The van der Waals surface area contributed by atoms with Crippen molar-refractivity contribution < 1.29 is 24.0 Å². The highest BCUT2D eigenvalue weighted by molar-refractivity contribution is 6.33. The third-order valence-electron chi connectivity index (χ3n) is 13.5. The summed E-state index contributed by atoms with van der Waals surface area (Å²) in [7, 11) is 0. The molecular weight excluding hydrogens is 770 g/mol. The molecule has 0 radical (unpaired) electrons. The van der Waals surface area contributed by atoms with E-state index < -0.39 is 23.8 Å². The number of hydrogen-bond acceptors (Lipinski definition) is 10. The standard InChI is InChI=1S/C44H48ClN9O5/c1-46-36-6-3-31(23-35(36)45)51-18-12-29(13-19-51)40(56)48-38-8-4-32(24-47-38)52-16-10-28(11-17-52)25-50-20-14-44(15-21-50)26-53(27-44)30-2-5-33-34(22-30)43(59)54(42(33)58)37-7-9-39(55)49-41(37)57/h2-6,8,22-24,28-29,37H,7,9-21,25-27H2,(H,47,48,56)(H,49,55,57). The number of piperidine rings is 4. The van der Waals surface area contributed by atoms with Gasteiger partial charge in [0, 0.05) is 80.0 Å². The average Bonchev–Trinajstić information content (AvgIpc) is 3.48. The van der Waals surface area contributed by atoms with Crippen LogP contribution in [0.15, 0.2) is 54.7 Å². The minimum atomic E-state index is -0.961. The quantitative estimate of drug-likeness (QED) is 0.226. The largest absolute Gasteiger partial charge is 0.372 e. The SMILES string of the molecule is [C-]#[N+]c1ccc(N2CCC(C(=O)Nc3ccc(N4CCC(CN5CCC6(CC5)CN(c5ccc7c(c5)C(=O)N(C5CCC(=O)NC5=O)C7=O)C6)CC4)cn3)CC2)cc1Cl. The van der Waals surface area contributed by atoms with Crippen molar-refractivity contribution in [3.05, 3.63) is 82.3 Å². The second kappa shape index (κ2) is 15.9. The lowest BCUT2D eigenvalue weighted by molar-refractivity contribution is -0.136. The number of carbonyl (C=O) groups is 5. The molecule has 1 unspecified atom stereocenters. The third kappa shape index (κ3) is 7.74. The summed E-state index contributed by atoms with van der Waals surface area (Å²) in [6.07, 6.45) is 8.12. The molecule has 5 saturated heterocycles. The minimum absolute atomic E-state index is 0.00229. The van der Waals surface area contributed by atoms with Crippen LogP contribution < -0.4 is 25.3 Å². The van der Waals surface area contributed by atoms with Crippen LogP contribution in [0.2, 0.25) is 5.02 Å². The van der Waals surface area contributed by atoms with E-state index >= 15 is 0 Å². The van der Waals surface area contributed by atoms with Gasteiger partial charge in [-0.25, -0.2) is 9.83 Å². The van der Waals surface area contributed by atoms with Gasteiger partial charge in [0.05, 0.1) is 29.6 Å². The molecule has 15 heteroatoms. The first kappa shape index (κ1) is 39.0. The van der Waals surface area contributed by atoms with Crippen LogP contribution in [0.3, 0.4) is 0 Å². The molecule has 1 atom stereocenters. The van der Waals surface area contributed by atoms with E-state index in [0.717, 1.165) is 119 Å². The van der Waals surface area contributed by atoms with E-state index in [1.165, 1.54) is 0 Å². The smallest absolute Gasteiger partial charge is 0.262 e. The number of halogens is 1. The van der Waals surface area contributed by atoms with Crippen LogP contribution >= 0.6 is 11.6 Å². The number of rotatable bonds is 8. The van der Waals surface area contributed by atoms with Crippen molar-refractivity contribution in [2.75, 3.05) is 78.9 Å². The van der Waals surface area contributed by atoms with Crippen LogP contribution in [0.25, 0.3) is 4.85 Å². The normalized spacial score (nSPS) is 22.6. The summed E-state index contributed by atoms with van der Waals surface area (Å²) < 4.78 is 0. The van der Waals surface area contributed by atoms with Gasteiger partial charge in [-0.2, -0.15) is 0 Å². The number of hydrogen-bond donors (Lipinski definition) is 2. The van der Waals surface area contributed by atoms with Crippen molar-refractivity contribution in [3.63, 3.8) is 0 Å². The molecule has 5 fully saturated rings. The van der Waals surface area contributed by atoms with Crippen molar-refractivity contribution >= 4 is 69.7 Å². The fourth-order valence-corrected chi connectivity index (χ4v) is 10.1. The molecule has 0 bridgehead atoms. The number of benzene rings is 2. The number of anilines is 4. The van der Waals surface area contributed by atoms with Crippen LogP contribution in [-0.2, 0) is 14.4 Å². The number of aromatic nitrogens is 1. The van der Waals surface area contributed by atoms with E-state index in [1.54, 1.807) is 18.2 Å². The summed E-state index contributed by atoms with van der Waals surface area (Å²) in [5.41, 5.74) is 4.33. The summed E-state index contributed by atoms with van der Waals surface area (Å²) in [4.78, 5) is 82.2. The van der Waals surface area contributed by atoms with Gasteiger partial charge in [0.1, 0.15) is 11.9 Å². The summed E-state index contributed by atoms with van der Waals surface area (Å²) in [6.45, 7) is 15.8. The zero-order chi connectivity index (χ0) is 40.8. The number of likely N-dealkylation sites (tertiary alicyclic amines) is 1. The molecule has 1 spiro atoms. The van der Waals surface area contributed by atoms with E-state index in [-0.39, 0.29) is 36.0 Å². The first-order chi connectivity index (χ1) is 28.6. The van der Waals surface area contributed by atoms with Crippen molar-refractivity contribution in [3.8, 4) is 0 Å². The summed E-state index contributed by atoms with van der Waals surface area (Å²) >= 11 is 6.25. The van der Waals surface area contributed by atoms with Gasteiger partial charge >= 0.3 is 0 Å². The molecule has 306 valence electrons. The van der Waals surface area contributed by atoms with Crippen LogP contribution in [0, 0.1) is 23.8 Å². The van der Waals surface area contributed by atoms with Crippen molar-refractivity contribution in [2.45, 2.75) is 57.4 Å². The van der Waals surface area contributed by atoms with Gasteiger partial charge in [0.2, 0.25) is 23.4 Å². The average molecular weight is 818 g/mol. The Kier molecular flexibility index (Phi) is 10.5. The summed E-state index contributed by atoms with van der Waals surface area (Å²) in [5, 5.41) is 5.73. The minimum Gasteiger partial charge on any atom is -0.372 e. The Balaban J connectivity index is 0.691. The lowest BCUT2D eigenvalue weighted by Crippen LogP contribution is -2.60. The highest BCUT2D eigenvalue weighted by Gasteiger charge is 2.47. The zero-order valence-corrected chi connectivity index (χ0v) is 33.8. The van der Waals surface area contributed by atoms with Crippen molar-refractivity contribution in [1.82, 2.24) is 20.1 Å². The topological polar surface area (TPSA) is 143 Å². The molecule has 2 aromatic carbocycles. The fourth-order valence-electron chi connectivity index (χ4n) is 9.93. The second-order valence-electron chi connectivity index (χ2n) is 17.2. The predicted molar refractivity (Wildman–Crippen MR) is 224 cm³/mol. The number of fused-ring (bicyclic) bond motifs is 1. The highest BCUT2D eigenvalue weighted by atomic mass is 35.5. The maximum atomic E-state index is 13.3. The van der Waals surface area contributed by atoms with Gasteiger partial charge < -0.3 is 24.9 Å². The van der Waals surface area contributed by atoms with Gasteiger partial charge in [-0.15, -0.1) is 0 Å². The Hall–Kier alpha value is -5.52. The lowest BCUT2D eigenvalue weighted by atomic mass is 9.71. The maximum absolute atomic E-state index is 13.3. The molecule has 7 heterocycles. The second-order valence-corrected chi connectivity index (χ2v) is 17.6. The number of pyridine rings is 1. The van der Waals surface area contributed by atoms with E-state index in [2.05, 4.69) is 46.1 Å². The van der Waals surface area contributed by atoms with Crippen LogP contribution in [0.4, 0.5) is 28.6 Å². The molecule has 1 aromatic heterocycles. The lowest BCUT2D eigenvalue weighted by Gasteiger charge is -2.55. The van der Waals surface area contributed by atoms with E-state index in [4.69, 9.17) is 18.2 Å². The Labute approximate surface area is 348 Å². The van der Waals surface area contributed by atoms with Gasteiger partial charge in [0.15, 0.2) is 0 Å². The molecule has 6 aliphatic rings.